The summed E-state index contributed by atoms with van der Waals surface area (Å²) >= 11 is 1.34. The molecule has 8 nitrogen and oxygen atoms in total. The molecule has 0 unspecified atom stereocenters. The van der Waals surface area contributed by atoms with Gasteiger partial charge >= 0.3 is 0 Å². The first-order chi connectivity index (χ1) is 14.1. The number of nitrogens with zero attached hydrogens (tertiary/aromatic N) is 3. The number of aryl methyl sites for hydroxylation is 1. The lowest BCUT2D eigenvalue weighted by molar-refractivity contribution is -0.307. The molecule has 150 valence electrons. The third-order valence-electron chi connectivity index (χ3n) is 3.93. The topological polar surface area (TPSA) is 109 Å². The molecule has 0 radical (unpaired) electrons. The summed E-state index contributed by atoms with van der Waals surface area (Å²) in [6.07, 6.45) is 1.40. The van der Waals surface area contributed by atoms with Crippen LogP contribution in [0.3, 0.4) is 0 Å². The summed E-state index contributed by atoms with van der Waals surface area (Å²) in [4.78, 5) is 27.2. The Balaban J connectivity index is 1.58. The minimum absolute atomic E-state index is 0.156. The minimum atomic E-state index is -1.32. The van der Waals surface area contributed by atoms with Crippen LogP contribution in [-0.2, 0) is 16.1 Å². The summed E-state index contributed by atoms with van der Waals surface area (Å²) in [5.41, 5.74) is 4.91. The number of carboxylic acid groups (broad SMARTS) is 1. The van der Waals surface area contributed by atoms with Gasteiger partial charge in [-0.2, -0.15) is 5.10 Å². The van der Waals surface area contributed by atoms with Gasteiger partial charge in [-0.15, -0.1) is 0 Å². The molecule has 0 saturated carbocycles. The molecule has 0 aliphatic heterocycles. The molecule has 0 saturated heterocycles. The molecule has 29 heavy (non-hydrogen) atoms. The number of thioether (sulfide) groups is 1. The van der Waals surface area contributed by atoms with Crippen LogP contribution in [0.4, 0.5) is 0 Å². The Labute approximate surface area is 171 Å². The molecule has 0 atom stereocenters. The molecule has 1 heterocycles. The molecule has 1 N–H and O–H groups in total. The van der Waals surface area contributed by atoms with Crippen molar-refractivity contribution < 1.29 is 19.4 Å². The first-order valence-corrected chi connectivity index (χ1v) is 9.88. The molecular weight excluding hydrogens is 392 g/mol. The highest BCUT2D eigenvalue weighted by molar-refractivity contribution is 7.99. The smallest absolute Gasteiger partial charge is 0.250 e. The largest absolute Gasteiger partial charge is 0.546 e. The summed E-state index contributed by atoms with van der Waals surface area (Å²) in [5, 5.41) is 15.2. The number of carbonyl (C=O) groups excluding carboxylic acids is 2. The zero-order chi connectivity index (χ0) is 20.6. The number of para-hydroxylation sites is 3. The standard InChI is InChI=1S/C20H20N4O4S/c1-2-24-16-9-5-4-8-15(16)22-20(24)29-13-18(25)23-21-11-14-7-3-6-10-17(14)28-12-19(26)27/h3-11H,2,12-13H2,1H3,(H,23,25)(H,26,27)/p-1/b21-11-. The second-order valence-corrected chi connectivity index (χ2v) is 6.85. The molecule has 3 rings (SSSR count). The van der Waals surface area contributed by atoms with Crippen molar-refractivity contribution in [1.82, 2.24) is 15.0 Å². The van der Waals surface area contributed by atoms with E-state index < -0.39 is 12.6 Å². The second-order valence-electron chi connectivity index (χ2n) is 5.91. The average molecular weight is 411 g/mol. The van der Waals surface area contributed by atoms with Crippen LogP contribution < -0.4 is 15.3 Å². The number of hydrogen-bond donors (Lipinski definition) is 1. The van der Waals surface area contributed by atoms with E-state index in [1.807, 2.05) is 31.2 Å². The number of carbonyl (C=O) groups is 2. The third kappa shape index (κ3) is 5.35. The van der Waals surface area contributed by atoms with E-state index in [4.69, 9.17) is 4.74 Å². The van der Waals surface area contributed by atoms with Crippen molar-refractivity contribution in [2.24, 2.45) is 5.10 Å². The van der Waals surface area contributed by atoms with Crippen molar-refractivity contribution in [3.8, 4) is 5.75 Å². The first-order valence-electron chi connectivity index (χ1n) is 8.90. The van der Waals surface area contributed by atoms with Crippen LogP contribution in [0.25, 0.3) is 11.0 Å². The van der Waals surface area contributed by atoms with Crippen LogP contribution in [0.15, 0.2) is 58.8 Å². The highest BCUT2D eigenvalue weighted by Crippen LogP contribution is 2.23. The van der Waals surface area contributed by atoms with Gasteiger partial charge in [0.15, 0.2) is 5.16 Å². The second kappa shape index (κ2) is 9.74. The lowest BCUT2D eigenvalue weighted by atomic mass is 10.2. The maximum atomic E-state index is 12.1. The number of carboxylic acids is 1. The van der Waals surface area contributed by atoms with Crippen molar-refractivity contribution >= 4 is 40.9 Å². The van der Waals surface area contributed by atoms with E-state index in [2.05, 4.69) is 20.1 Å². The quantitative estimate of drug-likeness (QED) is 0.324. The number of hydrazone groups is 1. The van der Waals surface area contributed by atoms with Crippen molar-refractivity contribution in [3.05, 3.63) is 54.1 Å². The maximum absolute atomic E-state index is 12.1. The van der Waals surface area contributed by atoms with E-state index in [-0.39, 0.29) is 11.7 Å². The van der Waals surface area contributed by atoms with Gasteiger partial charge < -0.3 is 19.2 Å². The fourth-order valence-corrected chi connectivity index (χ4v) is 3.53. The molecule has 9 heteroatoms. The monoisotopic (exact) mass is 411 g/mol. The van der Waals surface area contributed by atoms with E-state index in [0.717, 1.165) is 22.7 Å². The summed E-state index contributed by atoms with van der Waals surface area (Å²) in [6.45, 7) is 2.22. The van der Waals surface area contributed by atoms with Gasteiger partial charge in [0, 0.05) is 12.1 Å². The summed E-state index contributed by atoms with van der Waals surface area (Å²) in [7, 11) is 0. The fraction of sp³-hybridized carbons (Fsp3) is 0.200. The molecule has 1 aromatic heterocycles. The number of ether oxygens (including phenoxy) is 1. The zero-order valence-corrected chi connectivity index (χ0v) is 16.5. The van der Waals surface area contributed by atoms with Gasteiger partial charge in [0.25, 0.3) is 5.91 Å². The Bertz CT molecular complexity index is 1050. The van der Waals surface area contributed by atoms with E-state index in [0.29, 0.717) is 11.3 Å². The van der Waals surface area contributed by atoms with E-state index in [1.54, 1.807) is 24.3 Å². The summed E-state index contributed by atoms with van der Waals surface area (Å²) < 4.78 is 7.19. The number of rotatable bonds is 9. The van der Waals surface area contributed by atoms with E-state index in [1.165, 1.54) is 18.0 Å². The van der Waals surface area contributed by atoms with E-state index in [9.17, 15) is 14.7 Å². The summed E-state index contributed by atoms with van der Waals surface area (Å²) in [5.74, 6) is -1.11. The predicted molar refractivity (Wildman–Crippen MR) is 109 cm³/mol. The average Bonchev–Trinajstić information content (AvgIpc) is 3.09. The zero-order valence-electron chi connectivity index (χ0n) is 15.7. The molecular formula is C20H19N4O4S-. The normalized spacial score (nSPS) is 11.1. The van der Waals surface area contributed by atoms with Gasteiger partial charge in [-0.25, -0.2) is 10.4 Å². The van der Waals surface area contributed by atoms with Crippen molar-refractivity contribution in [2.75, 3.05) is 12.4 Å². The van der Waals surface area contributed by atoms with Crippen LogP contribution in [0.1, 0.15) is 12.5 Å². The maximum Gasteiger partial charge on any atom is 0.250 e. The predicted octanol–water partition coefficient (Wildman–Crippen LogP) is 1.43. The lowest BCUT2D eigenvalue weighted by Gasteiger charge is -2.09. The Morgan fingerprint density at radius 3 is 2.79 bits per heavy atom. The van der Waals surface area contributed by atoms with Crippen molar-refractivity contribution in [2.45, 2.75) is 18.6 Å². The fourth-order valence-electron chi connectivity index (χ4n) is 2.66. The van der Waals surface area contributed by atoms with Gasteiger partial charge in [-0.1, -0.05) is 36.0 Å². The molecule has 0 fully saturated rings. The molecule has 3 aromatic rings. The number of benzene rings is 2. The number of fused-ring (bicyclic) bond motifs is 1. The highest BCUT2D eigenvalue weighted by atomic mass is 32.2. The van der Waals surface area contributed by atoms with Crippen LogP contribution in [0.2, 0.25) is 0 Å². The van der Waals surface area contributed by atoms with Gasteiger partial charge in [-0.3, -0.25) is 4.79 Å². The molecule has 0 bridgehead atoms. The SMILES string of the molecule is CCn1c(SCC(=O)N/N=C\c2ccccc2OCC(=O)[O-])nc2ccccc21. The number of aliphatic carboxylic acids is 1. The van der Waals surface area contributed by atoms with Crippen LogP contribution >= 0.6 is 11.8 Å². The molecule has 0 aliphatic rings. The Morgan fingerprint density at radius 1 is 1.24 bits per heavy atom. The molecule has 1 amide bonds. The number of imidazole rings is 1. The highest BCUT2D eigenvalue weighted by Gasteiger charge is 2.11. The van der Waals surface area contributed by atoms with E-state index >= 15 is 0 Å². The number of nitrogens with one attached hydrogen (secondary N) is 1. The van der Waals surface area contributed by atoms with Gasteiger partial charge in [0.1, 0.15) is 12.4 Å². The number of hydrogen-bond acceptors (Lipinski definition) is 7. The van der Waals surface area contributed by atoms with Crippen LogP contribution in [-0.4, -0.2) is 40.0 Å². The lowest BCUT2D eigenvalue weighted by Crippen LogP contribution is -2.29. The number of amides is 1. The third-order valence-corrected chi connectivity index (χ3v) is 4.90. The molecule has 2 aromatic carbocycles. The van der Waals surface area contributed by atoms with Crippen LogP contribution in [0, 0.1) is 0 Å². The van der Waals surface area contributed by atoms with Gasteiger partial charge in [0.2, 0.25) is 0 Å². The Kier molecular flexibility index (Phi) is 6.85. The number of aromatic nitrogens is 2. The molecule has 0 spiro atoms. The van der Waals surface area contributed by atoms with Crippen LogP contribution in [0.5, 0.6) is 5.75 Å². The van der Waals surface area contributed by atoms with Gasteiger partial charge in [0.05, 0.1) is 29.0 Å². The van der Waals surface area contributed by atoms with Crippen molar-refractivity contribution in [1.29, 1.82) is 0 Å². The first kappa shape index (κ1) is 20.4. The molecule has 0 aliphatic carbocycles. The minimum Gasteiger partial charge on any atom is -0.546 e. The van der Waals surface area contributed by atoms with Gasteiger partial charge in [-0.05, 0) is 31.2 Å². The Hall–Kier alpha value is -3.33. The van der Waals surface area contributed by atoms with Crippen molar-refractivity contribution in [3.63, 3.8) is 0 Å². The summed E-state index contributed by atoms with van der Waals surface area (Å²) in [6, 6.07) is 14.6. The Morgan fingerprint density at radius 2 is 2.00 bits per heavy atom.